The predicted molar refractivity (Wildman–Crippen MR) is 82.8 cm³/mol. The molecular weight excluding hydrogens is 450 g/mol. The van der Waals surface area contributed by atoms with Gasteiger partial charge in [-0.2, -0.15) is 0 Å². The molecular formula is C11H11BrFIN2O4. The molecule has 1 fully saturated rings. The van der Waals surface area contributed by atoms with Crippen LogP contribution in [0.4, 0.5) is 4.39 Å². The molecule has 20 heavy (non-hydrogen) atoms. The lowest BCUT2D eigenvalue weighted by Gasteiger charge is -2.15. The third kappa shape index (κ3) is 3.05. The Balaban J connectivity index is 2.43. The first kappa shape index (κ1) is 15.9. The van der Waals surface area contributed by atoms with Crippen molar-refractivity contribution in [3.05, 3.63) is 36.7 Å². The summed E-state index contributed by atoms with van der Waals surface area (Å²) in [5.41, 5.74) is -0.978. The number of aromatic nitrogens is 2. The number of nitrogens with zero attached hydrogens (tertiary/aromatic N) is 1. The van der Waals surface area contributed by atoms with Gasteiger partial charge in [-0.05, 0) is 20.0 Å². The van der Waals surface area contributed by atoms with Gasteiger partial charge in [-0.15, -0.1) is 0 Å². The maximum absolute atomic E-state index is 13.6. The molecule has 0 bridgehead atoms. The highest BCUT2D eigenvalue weighted by Gasteiger charge is 2.36. The molecule has 0 radical (unpaired) electrons. The maximum Gasteiger partial charge on any atom is 0.330 e. The topological polar surface area (TPSA) is 84.3 Å². The third-order valence-corrected chi connectivity index (χ3v) is 5.11. The summed E-state index contributed by atoms with van der Waals surface area (Å²) in [4.78, 5) is 25.7. The Labute approximate surface area is 134 Å². The number of halogens is 3. The first-order chi connectivity index (χ1) is 9.47. The summed E-state index contributed by atoms with van der Waals surface area (Å²) >= 11 is 5.15. The van der Waals surface area contributed by atoms with Gasteiger partial charge in [0.15, 0.2) is 0 Å². The van der Waals surface area contributed by atoms with Crippen molar-refractivity contribution in [2.24, 2.45) is 0 Å². The summed E-state index contributed by atoms with van der Waals surface area (Å²) in [7, 11) is 0. The van der Waals surface area contributed by atoms with Gasteiger partial charge in [0.1, 0.15) is 18.5 Å². The van der Waals surface area contributed by atoms with E-state index in [2.05, 4.69) is 20.9 Å². The van der Waals surface area contributed by atoms with Gasteiger partial charge in [-0.25, -0.2) is 9.18 Å². The average molecular weight is 461 g/mol. The van der Waals surface area contributed by atoms with E-state index in [1.165, 1.54) is 6.20 Å². The fourth-order valence-corrected chi connectivity index (χ4v) is 2.57. The summed E-state index contributed by atoms with van der Waals surface area (Å²) in [6, 6.07) is 0. The van der Waals surface area contributed by atoms with Gasteiger partial charge in [0, 0.05) is 17.1 Å². The molecule has 1 aromatic rings. The molecule has 1 aliphatic heterocycles. The van der Waals surface area contributed by atoms with Gasteiger partial charge in [-0.1, -0.05) is 22.6 Å². The van der Waals surface area contributed by atoms with E-state index in [1.54, 1.807) is 4.08 Å². The van der Waals surface area contributed by atoms with Crippen molar-refractivity contribution in [1.82, 2.24) is 9.55 Å². The van der Waals surface area contributed by atoms with Crippen LogP contribution in [0, 0.1) is 0 Å². The molecule has 0 aromatic carbocycles. The molecule has 1 aromatic heterocycles. The van der Waals surface area contributed by atoms with Gasteiger partial charge in [-0.3, -0.25) is 14.3 Å². The lowest BCUT2D eigenvalue weighted by atomic mass is 10.2. The molecule has 9 heteroatoms. The standard InChI is InChI=1S/C11H11BrFIN2O4/c12-6(2-14)5-3-16(11(19)15-10(5)18)9-1-7(13)8(4-17)20-9/h2-3,7-9,17H,1,4H2,(H,15,18,19)/b6-2+/t7-,8+,9+/m0/s1. The van der Waals surface area contributed by atoms with Crippen molar-refractivity contribution in [1.29, 1.82) is 0 Å². The lowest BCUT2D eigenvalue weighted by Crippen LogP contribution is -2.33. The average Bonchev–Trinajstić information content (AvgIpc) is 2.79. The van der Waals surface area contributed by atoms with Crippen molar-refractivity contribution in [3.8, 4) is 0 Å². The Bertz CT molecular complexity index is 644. The van der Waals surface area contributed by atoms with E-state index < -0.39 is 36.4 Å². The summed E-state index contributed by atoms with van der Waals surface area (Å²) in [5.74, 6) is 0. The molecule has 2 N–H and O–H groups in total. The highest BCUT2D eigenvalue weighted by molar-refractivity contribution is 14.1. The zero-order valence-electron chi connectivity index (χ0n) is 10.1. The van der Waals surface area contributed by atoms with E-state index >= 15 is 0 Å². The van der Waals surface area contributed by atoms with Crippen LogP contribution in [0.25, 0.3) is 4.48 Å². The number of alkyl halides is 1. The fourth-order valence-electron chi connectivity index (χ4n) is 1.95. The molecule has 1 saturated heterocycles. The predicted octanol–water partition coefficient (Wildman–Crippen LogP) is 1.28. The maximum atomic E-state index is 13.6. The minimum atomic E-state index is -1.35. The molecule has 0 saturated carbocycles. The van der Waals surface area contributed by atoms with Crippen molar-refractivity contribution < 1.29 is 14.2 Å². The van der Waals surface area contributed by atoms with E-state index in [4.69, 9.17) is 9.84 Å². The highest BCUT2D eigenvalue weighted by atomic mass is 127. The minimum absolute atomic E-state index is 0.0534. The molecule has 2 rings (SSSR count). The van der Waals surface area contributed by atoms with Crippen LogP contribution in [-0.2, 0) is 4.74 Å². The molecule has 0 unspecified atom stereocenters. The van der Waals surface area contributed by atoms with Crippen LogP contribution in [-0.4, -0.2) is 33.5 Å². The first-order valence-corrected chi connectivity index (χ1v) is 7.74. The number of H-pyrrole nitrogens is 1. The minimum Gasteiger partial charge on any atom is -0.394 e. The van der Waals surface area contributed by atoms with E-state index in [-0.39, 0.29) is 12.0 Å². The van der Waals surface area contributed by atoms with Crippen LogP contribution in [0.5, 0.6) is 0 Å². The van der Waals surface area contributed by atoms with Gasteiger partial charge in [0.2, 0.25) is 0 Å². The second-order valence-electron chi connectivity index (χ2n) is 4.23. The first-order valence-electron chi connectivity index (χ1n) is 5.70. The van der Waals surface area contributed by atoms with E-state index in [0.29, 0.717) is 4.48 Å². The number of nitrogens with one attached hydrogen (secondary N) is 1. The monoisotopic (exact) mass is 460 g/mol. The quantitative estimate of drug-likeness (QED) is 0.665. The Morgan fingerprint density at radius 1 is 1.70 bits per heavy atom. The number of aliphatic hydroxyl groups excluding tert-OH is 1. The summed E-state index contributed by atoms with van der Waals surface area (Å²) < 4.78 is 22.1. The van der Waals surface area contributed by atoms with Gasteiger partial charge in [0.05, 0.1) is 12.2 Å². The highest BCUT2D eigenvalue weighted by Crippen LogP contribution is 2.30. The van der Waals surface area contributed by atoms with E-state index in [1.807, 2.05) is 22.6 Å². The summed E-state index contributed by atoms with van der Waals surface area (Å²) in [6.07, 6.45) is -1.89. The molecule has 2 heterocycles. The van der Waals surface area contributed by atoms with Crippen LogP contribution < -0.4 is 11.2 Å². The SMILES string of the molecule is O=c1[nH]c(=O)n([C@H]2C[C@H](F)[C@@H](CO)O2)cc1/C(Br)=C\I. The summed E-state index contributed by atoms with van der Waals surface area (Å²) in [5, 5.41) is 8.97. The van der Waals surface area contributed by atoms with E-state index in [0.717, 1.165) is 4.57 Å². The Morgan fingerprint density at radius 3 is 2.95 bits per heavy atom. The van der Waals surface area contributed by atoms with Crippen LogP contribution in [0.2, 0.25) is 0 Å². The van der Waals surface area contributed by atoms with Crippen molar-refractivity contribution >= 4 is 43.0 Å². The number of aromatic amines is 1. The van der Waals surface area contributed by atoms with Crippen molar-refractivity contribution in [2.45, 2.75) is 24.9 Å². The van der Waals surface area contributed by atoms with Crippen LogP contribution in [0.3, 0.4) is 0 Å². The second-order valence-corrected chi connectivity index (χ2v) is 5.71. The van der Waals surface area contributed by atoms with Crippen molar-refractivity contribution in [2.75, 3.05) is 6.61 Å². The van der Waals surface area contributed by atoms with Crippen molar-refractivity contribution in [3.63, 3.8) is 0 Å². The Hall–Kier alpha value is -0.520. The normalized spacial score (nSPS) is 27.0. The molecule has 0 amide bonds. The Morgan fingerprint density at radius 2 is 2.40 bits per heavy atom. The van der Waals surface area contributed by atoms with E-state index in [9.17, 15) is 14.0 Å². The number of aliphatic hydroxyl groups is 1. The zero-order chi connectivity index (χ0) is 14.9. The van der Waals surface area contributed by atoms with Gasteiger partial charge in [0.25, 0.3) is 5.56 Å². The smallest absolute Gasteiger partial charge is 0.330 e. The number of hydrogen-bond acceptors (Lipinski definition) is 4. The number of ether oxygens (including phenoxy) is 1. The van der Waals surface area contributed by atoms with Crippen LogP contribution in [0.1, 0.15) is 18.2 Å². The van der Waals surface area contributed by atoms with Gasteiger partial charge >= 0.3 is 5.69 Å². The zero-order valence-corrected chi connectivity index (χ0v) is 13.8. The third-order valence-electron chi connectivity index (χ3n) is 2.97. The molecule has 110 valence electrons. The van der Waals surface area contributed by atoms with Crippen LogP contribution >= 0.6 is 38.5 Å². The lowest BCUT2D eigenvalue weighted by molar-refractivity contribution is -0.0356. The van der Waals surface area contributed by atoms with Crippen LogP contribution in [0.15, 0.2) is 19.9 Å². The largest absolute Gasteiger partial charge is 0.394 e. The van der Waals surface area contributed by atoms with Gasteiger partial charge < -0.3 is 9.84 Å². The molecule has 3 atom stereocenters. The number of rotatable bonds is 3. The molecule has 0 aliphatic carbocycles. The summed E-state index contributed by atoms with van der Waals surface area (Å²) in [6.45, 7) is -0.458. The number of hydrogen-bond donors (Lipinski definition) is 2. The fraction of sp³-hybridized carbons (Fsp3) is 0.455. The molecule has 1 aliphatic rings. The Kier molecular flexibility index (Phi) is 5.15. The molecule has 0 spiro atoms. The second kappa shape index (κ2) is 6.50. The molecule has 6 nitrogen and oxygen atoms in total.